The molecule has 0 aliphatic rings. The van der Waals surface area contributed by atoms with E-state index in [1.165, 1.54) is 6.20 Å². The number of aryl methyl sites for hydroxylation is 2. The van der Waals surface area contributed by atoms with Crippen LogP contribution in [0.15, 0.2) is 53.9 Å². The highest BCUT2D eigenvalue weighted by molar-refractivity contribution is 6.00. The van der Waals surface area contributed by atoms with Crippen molar-refractivity contribution in [1.29, 1.82) is 0 Å². The van der Waals surface area contributed by atoms with Crippen molar-refractivity contribution in [1.82, 2.24) is 15.0 Å². The molecule has 0 atom stereocenters. The summed E-state index contributed by atoms with van der Waals surface area (Å²) in [6, 6.07) is 11.6. The van der Waals surface area contributed by atoms with Gasteiger partial charge in [0.25, 0.3) is 5.91 Å². The number of carbonyl (C=O) groups is 1. The fourth-order valence-electron chi connectivity index (χ4n) is 2.30. The molecule has 5 nitrogen and oxygen atoms in total. The predicted octanol–water partition coefficient (Wildman–Crippen LogP) is 2.65. The number of benzene rings is 1. The highest BCUT2D eigenvalue weighted by atomic mass is 16.2. The number of rotatable bonds is 3. The van der Waals surface area contributed by atoms with E-state index in [1.807, 2.05) is 49.0 Å². The van der Waals surface area contributed by atoms with E-state index in [2.05, 4.69) is 15.5 Å². The average molecular weight is 292 g/mol. The lowest BCUT2D eigenvalue weighted by Gasteiger charge is -1.99. The second-order valence-corrected chi connectivity index (χ2v) is 5.10. The Morgan fingerprint density at radius 2 is 2.09 bits per heavy atom. The molecule has 0 fully saturated rings. The maximum Gasteiger partial charge on any atom is 0.272 e. The summed E-state index contributed by atoms with van der Waals surface area (Å²) in [7, 11) is 1.98. The number of carbonyl (C=O) groups excluding carboxylic acids is 1. The van der Waals surface area contributed by atoms with Crippen LogP contribution in [0.4, 0.5) is 0 Å². The summed E-state index contributed by atoms with van der Waals surface area (Å²) >= 11 is 0. The summed E-state index contributed by atoms with van der Waals surface area (Å²) in [4.78, 5) is 16.0. The molecule has 0 spiro atoms. The first-order chi connectivity index (χ1) is 10.6. The van der Waals surface area contributed by atoms with Crippen molar-refractivity contribution in [2.45, 2.75) is 6.92 Å². The molecule has 110 valence electrons. The minimum absolute atomic E-state index is 0.274. The molecule has 0 aliphatic carbocycles. The van der Waals surface area contributed by atoms with E-state index in [1.54, 1.807) is 18.3 Å². The van der Waals surface area contributed by atoms with Gasteiger partial charge in [-0.15, -0.1) is 0 Å². The average Bonchev–Trinajstić information content (AvgIpc) is 2.85. The van der Waals surface area contributed by atoms with Gasteiger partial charge in [0.2, 0.25) is 0 Å². The molecule has 0 aliphatic heterocycles. The third kappa shape index (κ3) is 2.74. The van der Waals surface area contributed by atoms with Gasteiger partial charge in [0.05, 0.1) is 11.8 Å². The van der Waals surface area contributed by atoms with Crippen molar-refractivity contribution < 1.29 is 4.79 Å². The highest BCUT2D eigenvalue weighted by Crippen LogP contribution is 2.18. The molecule has 3 aromatic rings. The van der Waals surface area contributed by atoms with E-state index >= 15 is 0 Å². The summed E-state index contributed by atoms with van der Waals surface area (Å²) < 4.78 is 2.03. The van der Waals surface area contributed by atoms with Gasteiger partial charge in [0.15, 0.2) is 0 Å². The Kier molecular flexibility index (Phi) is 3.70. The first-order valence-electron chi connectivity index (χ1n) is 6.95. The van der Waals surface area contributed by atoms with Crippen LogP contribution in [0.1, 0.15) is 21.6 Å². The van der Waals surface area contributed by atoms with Crippen LogP contribution in [-0.2, 0) is 7.05 Å². The lowest BCUT2D eigenvalue weighted by Crippen LogP contribution is -2.17. The first kappa shape index (κ1) is 14.0. The fraction of sp³-hybridized carbons (Fsp3) is 0.118. The standard InChI is InChI=1S/C17H16N4O/c1-12-7-8-13(9-18-12)17(22)20-19-10-14-11-21(2)16-6-4-3-5-15(14)16/h3-11H,1-2H3,(H,20,22)/b19-10+. The molecule has 0 unspecified atom stereocenters. The van der Waals surface area contributed by atoms with Crippen LogP contribution < -0.4 is 5.43 Å². The van der Waals surface area contributed by atoms with Crippen molar-refractivity contribution in [2.75, 3.05) is 0 Å². The van der Waals surface area contributed by atoms with Gasteiger partial charge in [-0.25, -0.2) is 5.43 Å². The molecule has 3 rings (SSSR count). The van der Waals surface area contributed by atoms with Crippen LogP contribution in [0.25, 0.3) is 10.9 Å². The number of aromatic nitrogens is 2. The predicted molar refractivity (Wildman–Crippen MR) is 87.0 cm³/mol. The zero-order valence-electron chi connectivity index (χ0n) is 12.4. The minimum Gasteiger partial charge on any atom is -0.350 e. The van der Waals surface area contributed by atoms with E-state index < -0.39 is 0 Å². The van der Waals surface area contributed by atoms with Gasteiger partial charge in [-0.2, -0.15) is 5.10 Å². The molecule has 0 radical (unpaired) electrons. The van der Waals surface area contributed by atoms with Gasteiger partial charge < -0.3 is 4.57 Å². The van der Waals surface area contributed by atoms with Crippen molar-refractivity contribution in [3.05, 3.63) is 65.6 Å². The summed E-state index contributed by atoms with van der Waals surface area (Å²) in [5.41, 5.74) is 5.96. The van der Waals surface area contributed by atoms with Gasteiger partial charge in [-0.05, 0) is 25.1 Å². The molecular formula is C17H16N4O. The maximum absolute atomic E-state index is 11.9. The maximum atomic E-state index is 11.9. The molecule has 1 amide bonds. The van der Waals surface area contributed by atoms with Crippen molar-refractivity contribution in [2.24, 2.45) is 12.1 Å². The van der Waals surface area contributed by atoms with E-state index in [0.29, 0.717) is 5.56 Å². The van der Waals surface area contributed by atoms with E-state index in [4.69, 9.17) is 0 Å². The van der Waals surface area contributed by atoms with Crippen LogP contribution in [0.3, 0.4) is 0 Å². The topological polar surface area (TPSA) is 59.3 Å². The number of pyridine rings is 1. The molecule has 1 N–H and O–H groups in total. The van der Waals surface area contributed by atoms with Gasteiger partial charge >= 0.3 is 0 Å². The molecule has 2 heterocycles. The number of nitrogens with one attached hydrogen (secondary N) is 1. The molecule has 1 aromatic carbocycles. The number of hydrazone groups is 1. The lowest BCUT2D eigenvalue weighted by atomic mass is 10.2. The summed E-state index contributed by atoms with van der Waals surface area (Å²) in [5.74, 6) is -0.274. The number of amides is 1. The van der Waals surface area contributed by atoms with Crippen molar-refractivity contribution in [3.8, 4) is 0 Å². The molecule has 0 bridgehead atoms. The van der Waals surface area contributed by atoms with Crippen LogP contribution in [0, 0.1) is 6.92 Å². The monoisotopic (exact) mass is 292 g/mol. The lowest BCUT2D eigenvalue weighted by molar-refractivity contribution is 0.0955. The second-order valence-electron chi connectivity index (χ2n) is 5.10. The Balaban J connectivity index is 1.76. The summed E-state index contributed by atoms with van der Waals surface area (Å²) in [5, 5.41) is 5.14. The molecular weight excluding hydrogens is 276 g/mol. The van der Waals surface area contributed by atoms with E-state index in [-0.39, 0.29) is 5.91 Å². The van der Waals surface area contributed by atoms with Crippen LogP contribution >= 0.6 is 0 Å². The molecule has 5 heteroatoms. The highest BCUT2D eigenvalue weighted by Gasteiger charge is 2.05. The fourth-order valence-corrected chi connectivity index (χ4v) is 2.30. The third-order valence-corrected chi connectivity index (χ3v) is 3.47. The van der Waals surface area contributed by atoms with E-state index in [9.17, 15) is 4.79 Å². The van der Waals surface area contributed by atoms with Gasteiger partial charge in [-0.3, -0.25) is 9.78 Å². The Hall–Kier alpha value is -2.95. The molecule has 2 aromatic heterocycles. The number of hydrogen-bond donors (Lipinski definition) is 1. The molecule has 0 saturated carbocycles. The smallest absolute Gasteiger partial charge is 0.272 e. The summed E-state index contributed by atoms with van der Waals surface area (Å²) in [6.07, 6.45) is 5.17. The Labute approximate surface area is 128 Å². The number of nitrogens with zero attached hydrogens (tertiary/aromatic N) is 3. The largest absolute Gasteiger partial charge is 0.350 e. The minimum atomic E-state index is -0.274. The first-order valence-corrected chi connectivity index (χ1v) is 6.95. The SMILES string of the molecule is Cc1ccc(C(=O)N/N=C/c2cn(C)c3ccccc23)cn1. The van der Waals surface area contributed by atoms with Gasteiger partial charge in [-0.1, -0.05) is 18.2 Å². The molecule has 22 heavy (non-hydrogen) atoms. The van der Waals surface area contributed by atoms with E-state index in [0.717, 1.165) is 22.2 Å². The van der Waals surface area contributed by atoms with Crippen molar-refractivity contribution >= 4 is 23.0 Å². The van der Waals surface area contributed by atoms with Crippen molar-refractivity contribution in [3.63, 3.8) is 0 Å². The summed E-state index contributed by atoms with van der Waals surface area (Å²) in [6.45, 7) is 1.88. The van der Waals surface area contributed by atoms with Gasteiger partial charge in [0.1, 0.15) is 0 Å². The van der Waals surface area contributed by atoms with Gasteiger partial charge in [0, 0.05) is 41.6 Å². The number of fused-ring (bicyclic) bond motifs is 1. The quantitative estimate of drug-likeness (QED) is 0.596. The molecule has 0 saturated heterocycles. The van der Waals surface area contributed by atoms with Crippen LogP contribution in [0.5, 0.6) is 0 Å². The normalized spacial score (nSPS) is 11.2. The zero-order valence-corrected chi connectivity index (χ0v) is 12.4. The Bertz CT molecular complexity index is 847. The number of hydrogen-bond acceptors (Lipinski definition) is 3. The third-order valence-electron chi connectivity index (χ3n) is 3.47. The zero-order chi connectivity index (χ0) is 15.5. The Morgan fingerprint density at radius 1 is 1.27 bits per heavy atom. The second kappa shape index (κ2) is 5.81. The van der Waals surface area contributed by atoms with Crippen LogP contribution in [0.2, 0.25) is 0 Å². The van der Waals surface area contributed by atoms with Crippen LogP contribution in [-0.4, -0.2) is 21.7 Å². The Morgan fingerprint density at radius 3 is 2.86 bits per heavy atom. The number of para-hydroxylation sites is 1.